The molecular weight excluding hydrogens is 490 g/mol. The van der Waals surface area contributed by atoms with E-state index in [0.29, 0.717) is 23.7 Å². The fourth-order valence-electron chi connectivity index (χ4n) is 3.37. The van der Waals surface area contributed by atoms with Crippen LogP contribution in [0.25, 0.3) is 0 Å². The number of amides is 1. The van der Waals surface area contributed by atoms with E-state index >= 15 is 0 Å². The van der Waals surface area contributed by atoms with E-state index in [9.17, 15) is 13.2 Å². The molecule has 8 nitrogen and oxygen atoms in total. The number of carbonyl (C=O) groups excluding carboxylic acids is 1. The fraction of sp³-hybridized carbons (Fsp3) is 0.143. The molecule has 0 spiro atoms. The van der Waals surface area contributed by atoms with Crippen LogP contribution in [0.4, 0.5) is 5.69 Å². The summed E-state index contributed by atoms with van der Waals surface area (Å²) in [6.07, 6.45) is 5.79. The Balaban J connectivity index is 1.83. The molecule has 3 aromatic rings. The number of rotatable bonds is 13. The minimum absolute atomic E-state index is 0.0809. The highest BCUT2D eigenvalue weighted by molar-refractivity contribution is 7.92. The molecule has 3 aromatic carbocycles. The van der Waals surface area contributed by atoms with Gasteiger partial charge in [0.1, 0.15) is 24.7 Å². The lowest BCUT2D eigenvalue weighted by molar-refractivity contribution is 0.0955. The summed E-state index contributed by atoms with van der Waals surface area (Å²) < 4.78 is 37.7. The number of anilines is 1. The van der Waals surface area contributed by atoms with Gasteiger partial charge in [0.05, 0.1) is 30.3 Å². The lowest BCUT2D eigenvalue weighted by atomic mass is 10.1. The van der Waals surface area contributed by atoms with E-state index in [1.807, 2.05) is 30.3 Å². The van der Waals surface area contributed by atoms with E-state index in [4.69, 9.17) is 9.47 Å². The minimum Gasteiger partial charge on any atom is -0.489 e. The summed E-state index contributed by atoms with van der Waals surface area (Å²) in [7, 11) is -3.69. The number of hydrogen-bond acceptors (Lipinski definition) is 6. The van der Waals surface area contributed by atoms with Gasteiger partial charge in [0.15, 0.2) is 0 Å². The Kier molecular flexibility index (Phi) is 9.62. The van der Waals surface area contributed by atoms with Crippen LogP contribution in [0.15, 0.2) is 103 Å². The van der Waals surface area contributed by atoms with E-state index in [2.05, 4.69) is 23.7 Å². The predicted octanol–water partition coefficient (Wildman–Crippen LogP) is 4.55. The van der Waals surface area contributed by atoms with Crippen molar-refractivity contribution in [3.8, 4) is 11.5 Å². The normalized spacial score (nSPS) is 11.1. The molecule has 0 saturated heterocycles. The maximum atomic E-state index is 13.0. The highest BCUT2D eigenvalue weighted by Gasteiger charge is 2.23. The number of hydrazone groups is 1. The van der Waals surface area contributed by atoms with Gasteiger partial charge in [-0.2, -0.15) is 5.10 Å². The van der Waals surface area contributed by atoms with Gasteiger partial charge in [-0.15, -0.1) is 0 Å². The lowest BCUT2D eigenvalue weighted by Gasteiger charge is -2.24. The van der Waals surface area contributed by atoms with Crippen molar-refractivity contribution in [3.05, 3.63) is 115 Å². The number of benzene rings is 3. The zero-order valence-electron chi connectivity index (χ0n) is 20.5. The quantitative estimate of drug-likeness (QED) is 0.203. The Labute approximate surface area is 217 Å². The van der Waals surface area contributed by atoms with Crippen LogP contribution in [-0.2, 0) is 16.6 Å². The molecule has 0 aliphatic heterocycles. The van der Waals surface area contributed by atoms with Gasteiger partial charge in [-0.3, -0.25) is 9.10 Å². The number of nitrogens with one attached hydrogen (secondary N) is 1. The van der Waals surface area contributed by atoms with Crippen molar-refractivity contribution in [1.29, 1.82) is 0 Å². The molecule has 0 fully saturated rings. The Morgan fingerprint density at radius 2 is 1.65 bits per heavy atom. The van der Waals surface area contributed by atoms with Crippen molar-refractivity contribution in [2.24, 2.45) is 5.10 Å². The molecular formula is C28H29N3O5S. The van der Waals surface area contributed by atoms with Gasteiger partial charge in [0.2, 0.25) is 10.0 Å². The van der Waals surface area contributed by atoms with Crippen molar-refractivity contribution in [3.63, 3.8) is 0 Å². The van der Waals surface area contributed by atoms with Gasteiger partial charge in [-0.25, -0.2) is 13.8 Å². The minimum atomic E-state index is -3.69. The first-order chi connectivity index (χ1) is 17.8. The van der Waals surface area contributed by atoms with Gasteiger partial charge in [-0.05, 0) is 29.8 Å². The number of ether oxygens (including phenoxy) is 2. The van der Waals surface area contributed by atoms with E-state index in [0.717, 1.165) is 11.8 Å². The SMILES string of the molecule is C=CCOc1ccc(/C=N/NC(=O)c2ccccc2N(Cc2ccccc2)S(C)(=O)=O)c(OCC=C)c1. The van der Waals surface area contributed by atoms with Gasteiger partial charge in [0.25, 0.3) is 5.91 Å². The van der Waals surface area contributed by atoms with Crippen LogP contribution in [0.2, 0.25) is 0 Å². The monoisotopic (exact) mass is 519 g/mol. The van der Waals surface area contributed by atoms with E-state index in [1.165, 1.54) is 10.5 Å². The van der Waals surface area contributed by atoms with Gasteiger partial charge in [-0.1, -0.05) is 67.8 Å². The molecule has 0 heterocycles. The second-order valence-corrected chi connectivity index (χ2v) is 9.78. The molecule has 0 saturated carbocycles. The van der Waals surface area contributed by atoms with Crippen LogP contribution in [0.1, 0.15) is 21.5 Å². The molecule has 192 valence electrons. The lowest BCUT2D eigenvalue weighted by Crippen LogP contribution is -2.32. The first-order valence-electron chi connectivity index (χ1n) is 11.4. The number of nitrogens with zero attached hydrogens (tertiary/aromatic N) is 2. The van der Waals surface area contributed by atoms with Crippen LogP contribution >= 0.6 is 0 Å². The Bertz CT molecular complexity index is 1370. The zero-order valence-corrected chi connectivity index (χ0v) is 21.4. The Hall–Kier alpha value is -4.37. The maximum Gasteiger partial charge on any atom is 0.273 e. The number of hydrogen-bond donors (Lipinski definition) is 1. The number of sulfonamides is 1. The first-order valence-corrected chi connectivity index (χ1v) is 13.2. The van der Waals surface area contributed by atoms with Gasteiger partial charge < -0.3 is 9.47 Å². The van der Waals surface area contributed by atoms with E-state index in [1.54, 1.807) is 54.6 Å². The van der Waals surface area contributed by atoms with Crippen molar-refractivity contribution < 1.29 is 22.7 Å². The largest absolute Gasteiger partial charge is 0.489 e. The van der Waals surface area contributed by atoms with Crippen LogP contribution < -0.4 is 19.2 Å². The van der Waals surface area contributed by atoms with E-state index in [-0.39, 0.29) is 24.4 Å². The average molecular weight is 520 g/mol. The van der Waals surface area contributed by atoms with Gasteiger partial charge in [0, 0.05) is 11.6 Å². The summed E-state index contributed by atoms with van der Waals surface area (Å²) in [6.45, 7) is 7.99. The first kappa shape index (κ1) is 27.2. The van der Waals surface area contributed by atoms with Crippen molar-refractivity contribution in [1.82, 2.24) is 5.43 Å². The highest BCUT2D eigenvalue weighted by atomic mass is 32.2. The molecule has 0 bridgehead atoms. The Morgan fingerprint density at radius 3 is 2.35 bits per heavy atom. The molecule has 0 aliphatic rings. The van der Waals surface area contributed by atoms with E-state index < -0.39 is 15.9 Å². The van der Waals surface area contributed by atoms with Crippen LogP contribution in [0, 0.1) is 0 Å². The summed E-state index contributed by atoms with van der Waals surface area (Å²) in [4.78, 5) is 13.0. The second kappa shape index (κ2) is 13.1. The highest BCUT2D eigenvalue weighted by Crippen LogP contribution is 2.26. The van der Waals surface area contributed by atoms with Crippen LogP contribution in [0.3, 0.4) is 0 Å². The predicted molar refractivity (Wildman–Crippen MR) is 147 cm³/mol. The standard InChI is InChI=1S/C28H29N3O5S/c1-4-17-35-24-16-15-23(27(19-24)36-18-5-2)20-29-30-28(32)25-13-9-10-14-26(25)31(37(3,33)34)21-22-11-7-6-8-12-22/h4-16,19-20H,1-2,17-18,21H2,3H3,(H,30,32)/b29-20+. The summed E-state index contributed by atoms with van der Waals surface area (Å²) >= 11 is 0. The molecule has 37 heavy (non-hydrogen) atoms. The van der Waals surface area contributed by atoms with Crippen molar-refractivity contribution in [2.75, 3.05) is 23.8 Å². The third-order valence-corrected chi connectivity index (χ3v) is 6.19. The summed E-state index contributed by atoms with van der Waals surface area (Å²) in [5.74, 6) is 0.521. The molecule has 0 unspecified atom stereocenters. The second-order valence-electron chi connectivity index (χ2n) is 7.87. The average Bonchev–Trinajstić information content (AvgIpc) is 2.90. The molecule has 0 aromatic heterocycles. The van der Waals surface area contributed by atoms with Crippen LogP contribution in [0.5, 0.6) is 11.5 Å². The third kappa shape index (κ3) is 7.81. The molecule has 9 heteroatoms. The maximum absolute atomic E-state index is 13.0. The molecule has 3 rings (SSSR count). The summed E-state index contributed by atoms with van der Waals surface area (Å²) in [5.41, 5.74) is 4.28. The molecule has 0 atom stereocenters. The third-order valence-electron chi connectivity index (χ3n) is 5.07. The smallest absolute Gasteiger partial charge is 0.273 e. The fourth-order valence-corrected chi connectivity index (χ4v) is 4.27. The number of carbonyl (C=O) groups is 1. The van der Waals surface area contributed by atoms with Crippen LogP contribution in [-0.4, -0.2) is 40.0 Å². The summed E-state index contributed by atoms with van der Waals surface area (Å²) in [6, 6.07) is 20.8. The number of para-hydroxylation sites is 1. The topological polar surface area (TPSA) is 97.3 Å². The molecule has 1 N–H and O–H groups in total. The molecule has 1 amide bonds. The van der Waals surface area contributed by atoms with Crippen molar-refractivity contribution >= 4 is 27.8 Å². The van der Waals surface area contributed by atoms with Crippen molar-refractivity contribution in [2.45, 2.75) is 6.54 Å². The molecule has 0 radical (unpaired) electrons. The van der Waals surface area contributed by atoms with Gasteiger partial charge >= 0.3 is 0 Å². The summed E-state index contributed by atoms with van der Waals surface area (Å²) in [5, 5.41) is 4.07. The zero-order chi connectivity index (χ0) is 26.7. The Morgan fingerprint density at radius 1 is 0.973 bits per heavy atom. The molecule has 0 aliphatic carbocycles.